The minimum atomic E-state index is -0.406. The molecule has 4 rings (SSSR count). The highest BCUT2D eigenvalue weighted by molar-refractivity contribution is 5.93. The first-order valence-electron chi connectivity index (χ1n) is 13.7. The summed E-state index contributed by atoms with van der Waals surface area (Å²) >= 11 is 0. The van der Waals surface area contributed by atoms with E-state index < -0.39 is 5.97 Å². The minimum absolute atomic E-state index is 0.0407. The van der Waals surface area contributed by atoms with Crippen molar-refractivity contribution in [3.05, 3.63) is 22.8 Å². The molecule has 0 spiro atoms. The molecule has 2 saturated carbocycles. The number of esters is 2. The molecule has 0 radical (unpaired) electrons. The molecule has 0 aromatic carbocycles. The maximum absolute atomic E-state index is 12.7. The Labute approximate surface area is 204 Å². The monoisotopic (exact) mass is 470 g/mol. The van der Waals surface area contributed by atoms with Crippen LogP contribution in [0.15, 0.2) is 22.8 Å². The molecule has 4 aliphatic carbocycles. The maximum atomic E-state index is 12.7. The molecule has 5 heteroatoms. The highest BCUT2D eigenvalue weighted by atomic mass is 16.6. The van der Waals surface area contributed by atoms with E-state index >= 15 is 0 Å². The Balaban J connectivity index is 1.40. The van der Waals surface area contributed by atoms with Crippen LogP contribution >= 0.6 is 0 Å². The van der Waals surface area contributed by atoms with E-state index in [4.69, 9.17) is 9.47 Å². The van der Waals surface area contributed by atoms with E-state index in [2.05, 4.69) is 20.8 Å². The number of unbranched alkanes of at least 4 members (excludes halogenated alkanes) is 3. The molecule has 0 amide bonds. The minimum Gasteiger partial charge on any atom is -0.459 e. The van der Waals surface area contributed by atoms with Crippen molar-refractivity contribution in [2.75, 3.05) is 6.61 Å². The highest BCUT2D eigenvalue weighted by Gasteiger charge is 2.58. The van der Waals surface area contributed by atoms with Crippen molar-refractivity contribution < 1.29 is 23.9 Å². The second kappa shape index (κ2) is 10.8. The van der Waals surface area contributed by atoms with E-state index in [1.54, 1.807) is 5.57 Å². The lowest BCUT2D eigenvalue weighted by Crippen LogP contribution is -2.44. The number of hydrogen-bond acceptors (Lipinski definition) is 5. The molecule has 0 aromatic heterocycles. The van der Waals surface area contributed by atoms with E-state index in [1.807, 2.05) is 6.08 Å². The van der Waals surface area contributed by atoms with Gasteiger partial charge in [-0.05, 0) is 86.3 Å². The van der Waals surface area contributed by atoms with Crippen LogP contribution in [0.3, 0.4) is 0 Å². The van der Waals surface area contributed by atoms with Crippen molar-refractivity contribution >= 4 is 17.7 Å². The second-order valence-electron chi connectivity index (χ2n) is 11.2. The molecule has 0 N–H and O–H groups in total. The third kappa shape index (κ3) is 5.04. The number of hydrogen-bond donors (Lipinski definition) is 0. The van der Waals surface area contributed by atoms with Crippen molar-refractivity contribution in [3.8, 4) is 0 Å². The molecule has 34 heavy (non-hydrogen) atoms. The molecule has 0 saturated heterocycles. The maximum Gasteiger partial charge on any atom is 0.344 e. The summed E-state index contributed by atoms with van der Waals surface area (Å²) in [6.45, 7) is 6.37. The van der Waals surface area contributed by atoms with Gasteiger partial charge >= 0.3 is 11.9 Å². The van der Waals surface area contributed by atoms with Crippen molar-refractivity contribution in [3.63, 3.8) is 0 Å². The predicted molar refractivity (Wildman–Crippen MR) is 131 cm³/mol. The van der Waals surface area contributed by atoms with Crippen LogP contribution in [-0.2, 0) is 23.9 Å². The summed E-state index contributed by atoms with van der Waals surface area (Å²) in [7, 11) is 0. The third-order valence-electron chi connectivity index (χ3n) is 9.17. The average molecular weight is 471 g/mol. The lowest BCUT2D eigenvalue weighted by atomic mass is 9.57. The number of fused-ring (bicyclic) bond motifs is 4. The predicted octanol–water partition coefficient (Wildman–Crippen LogP) is 6.25. The molecule has 0 unspecified atom stereocenters. The van der Waals surface area contributed by atoms with Gasteiger partial charge in [0.15, 0.2) is 12.4 Å². The van der Waals surface area contributed by atoms with E-state index in [0.29, 0.717) is 30.6 Å². The quantitative estimate of drug-likeness (QED) is 0.294. The summed E-state index contributed by atoms with van der Waals surface area (Å²) in [5, 5.41) is 0. The molecule has 0 bridgehead atoms. The summed E-state index contributed by atoms with van der Waals surface area (Å²) in [4.78, 5) is 36.6. The van der Waals surface area contributed by atoms with Crippen LogP contribution in [0.5, 0.6) is 0 Å². The van der Waals surface area contributed by atoms with Crippen LogP contribution in [-0.4, -0.2) is 30.4 Å². The van der Waals surface area contributed by atoms with Crippen LogP contribution in [0.25, 0.3) is 0 Å². The fourth-order valence-electron chi connectivity index (χ4n) is 7.36. The van der Waals surface area contributed by atoms with Crippen LogP contribution in [0.1, 0.15) is 104 Å². The first-order valence-corrected chi connectivity index (χ1v) is 13.7. The zero-order valence-corrected chi connectivity index (χ0v) is 21.3. The summed E-state index contributed by atoms with van der Waals surface area (Å²) in [5.41, 5.74) is 4.31. The van der Waals surface area contributed by atoms with Crippen molar-refractivity contribution in [1.82, 2.24) is 0 Å². The van der Waals surface area contributed by atoms with Crippen molar-refractivity contribution in [2.45, 2.75) is 110 Å². The molecule has 5 atom stereocenters. The standard InChI is InChI=1S/C29H42O5/c1-4-6-7-8-9-26(31)33-18-27(32)34-28-19(5-2)17-25-24-12-10-20-16-21(30)11-13-22(20)23(24)14-15-29(25,28)3/h16,19,24-25,28H,4-15,17-18H2,1-3H3/t19-,24+,25-,28-,29-/m0/s1. The summed E-state index contributed by atoms with van der Waals surface area (Å²) in [6, 6.07) is 0. The number of ketones is 1. The summed E-state index contributed by atoms with van der Waals surface area (Å²) in [6.07, 6.45) is 14.0. The SMILES string of the molecule is CCCCCCC(=O)OCC(=O)O[C@H]1[C@@H](CC)C[C@H]2[C@@H]3CCC4=CC(=O)CCC4=C3CC[C@@]21C. The van der Waals surface area contributed by atoms with Crippen molar-refractivity contribution in [2.24, 2.45) is 23.2 Å². The van der Waals surface area contributed by atoms with Gasteiger partial charge in [0.25, 0.3) is 0 Å². The molecular formula is C29H42O5. The van der Waals surface area contributed by atoms with Gasteiger partial charge in [-0.2, -0.15) is 0 Å². The smallest absolute Gasteiger partial charge is 0.344 e. The Hall–Kier alpha value is -1.91. The van der Waals surface area contributed by atoms with Gasteiger partial charge in [-0.15, -0.1) is 0 Å². The van der Waals surface area contributed by atoms with Crippen LogP contribution in [0, 0.1) is 23.2 Å². The van der Waals surface area contributed by atoms with Crippen LogP contribution in [0.4, 0.5) is 0 Å². The fourth-order valence-corrected chi connectivity index (χ4v) is 7.36. The normalized spacial score (nSPS) is 32.4. The van der Waals surface area contributed by atoms with Gasteiger partial charge in [0.2, 0.25) is 0 Å². The Morgan fingerprint density at radius 1 is 1.06 bits per heavy atom. The number of carbonyl (C=O) groups excluding carboxylic acids is 3. The Morgan fingerprint density at radius 2 is 1.88 bits per heavy atom. The van der Waals surface area contributed by atoms with Gasteiger partial charge in [0, 0.05) is 18.3 Å². The molecule has 188 valence electrons. The van der Waals surface area contributed by atoms with E-state index in [1.165, 1.54) is 11.1 Å². The lowest BCUT2D eigenvalue weighted by molar-refractivity contribution is -0.169. The molecule has 0 aromatic rings. The zero-order chi connectivity index (χ0) is 24.3. The Bertz CT molecular complexity index is 868. The first-order chi connectivity index (χ1) is 16.4. The van der Waals surface area contributed by atoms with Gasteiger partial charge in [0.05, 0.1) is 0 Å². The number of allylic oxidation sites excluding steroid dienone is 4. The summed E-state index contributed by atoms with van der Waals surface area (Å²) < 4.78 is 11.3. The van der Waals surface area contributed by atoms with Gasteiger partial charge in [-0.1, -0.05) is 45.6 Å². The zero-order valence-electron chi connectivity index (χ0n) is 21.3. The Kier molecular flexibility index (Phi) is 7.99. The number of ether oxygens (including phenoxy) is 2. The lowest BCUT2D eigenvalue weighted by Gasteiger charge is -2.48. The third-order valence-corrected chi connectivity index (χ3v) is 9.17. The molecule has 2 fully saturated rings. The van der Waals surface area contributed by atoms with E-state index in [9.17, 15) is 14.4 Å². The Morgan fingerprint density at radius 3 is 2.65 bits per heavy atom. The van der Waals surface area contributed by atoms with Gasteiger partial charge in [-0.3, -0.25) is 9.59 Å². The molecular weight excluding hydrogens is 428 g/mol. The second-order valence-corrected chi connectivity index (χ2v) is 11.2. The first kappa shape index (κ1) is 25.2. The number of rotatable bonds is 9. The molecule has 0 heterocycles. The number of carbonyl (C=O) groups is 3. The van der Waals surface area contributed by atoms with E-state index in [-0.39, 0.29) is 29.9 Å². The topological polar surface area (TPSA) is 69.7 Å². The average Bonchev–Trinajstić information content (AvgIpc) is 3.11. The highest BCUT2D eigenvalue weighted by Crippen LogP contribution is 2.62. The van der Waals surface area contributed by atoms with E-state index in [0.717, 1.165) is 70.6 Å². The van der Waals surface area contributed by atoms with Gasteiger partial charge < -0.3 is 9.47 Å². The van der Waals surface area contributed by atoms with Gasteiger partial charge in [-0.25, -0.2) is 4.79 Å². The van der Waals surface area contributed by atoms with Crippen LogP contribution in [0.2, 0.25) is 0 Å². The summed E-state index contributed by atoms with van der Waals surface area (Å²) in [5.74, 6) is 0.958. The van der Waals surface area contributed by atoms with Crippen molar-refractivity contribution in [1.29, 1.82) is 0 Å². The van der Waals surface area contributed by atoms with Crippen LogP contribution < -0.4 is 0 Å². The molecule has 4 aliphatic rings. The largest absolute Gasteiger partial charge is 0.459 e. The molecule has 0 aliphatic heterocycles. The van der Waals surface area contributed by atoms with Gasteiger partial charge in [0.1, 0.15) is 6.10 Å². The fraction of sp³-hybridized carbons (Fsp3) is 0.759. The molecule has 5 nitrogen and oxygen atoms in total.